The molecule has 6 heteroatoms. The standard InChI is InChI=1S/C12H17ClN2O2S/c1-8(6-12(2,14)11(16)17-3)18-10-5-4-9(13)7-15-10/h4-5,7-8H,6,14H2,1-3H3. The maximum atomic E-state index is 11.5. The second-order valence-corrected chi connectivity index (χ2v) is 6.25. The number of pyridine rings is 1. The highest BCUT2D eigenvalue weighted by Crippen LogP contribution is 2.27. The highest BCUT2D eigenvalue weighted by atomic mass is 35.5. The van der Waals surface area contributed by atoms with Crippen LogP contribution in [0.25, 0.3) is 0 Å². The zero-order valence-corrected chi connectivity index (χ0v) is 12.2. The molecule has 18 heavy (non-hydrogen) atoms. The maximum Gasteiger partial charge on any atom is 0.325 e. The first-order chi connectivity index (χ1) is 8.35. The fourth-order valence-corrected chi connectivity index (χ4v) is 2.81. The quantitative estimate of drug-likeness (QED) is 0.666. The highest BCUT2D eigenvalue weighted by molar-refractivity contribution is 7.99. The molecule has 0 aliphatic heterocycles. The largest absolute Gasteiger partial charge is 0.468 e. The van der Waals surface area contributed by atoms with Crippen molar-refractivity contribution in [1.82, 2.24) is 4.98 Å². The van der Waals surface area contributed by atoms with E-state index in [9.17, 15) is 4.79 Å². The zero-order valence-electron chi connectivity index (χ0n) is 10.6. The first-order valence-electron chi connectivity index (χ1n) is 5.50. The lowest BCUT2D eigenvalue weighted by molar-refractivity contribution is -0.146. The van der Waals surface area contributed by atoms with Crippen molar-refractivity contribution in [3.05, 3.63) is 23.4 Å². The number of ether oxygens (including phenoxy) is 1. The number of hydrogen-bond acceptors (Lipinski definition) is 5. The van der Waals surface area contributed by atoms with Crippen molar-refractivity contribution in [3.63, 3.8) is 0 Å². The lowest BCUT2D eigenvalue weighted by Gasteiger charge is -2.24. The molecular formula is C12H17ClN2O2S. The van der Waals surface area contributed by atoms with Gasteiger partial charge in [0, 0.05) is 11.4 Å². The summed E-state index contributed by atoms with van der Waals surface area (Å²) in [5.74, 6) is -0.404. The van der Waals surface area contributed by atoms with E-state index in [1.807, 2.05) is 13.0 Å². The van der Waals surface area contributed by atoms with Gasteiger partial charge in [0.05, 0.1) is 17.2 Å². The van der Waals surface area contributed by atoms with Crippen molar-refractivity contribution in [2.75, 3.05) is 7.11 Å². The molecule has 0 amide bonds. The van der Waals surface area contributed by atoms with Crippen LogP contribution in [0.5, 0.6) is 0 Å². The molecule has 1 heterocycles. The average molecular weight is 289 g/mol. The van der Waals surface area contributed by atoms with Gasteiger partial charge in [0.15, 0.2) is 0 Å². The molecular weight excluding hydrogens is 272 g/mol. The van der Waals surface area contributed by atoms with Gasteiger partial charge < -0.3 is 10.5 Å². The smallest absolute Gasteiger partial charge is 0.325 e. The second-order valence-electron chi connectivity index (χ2n) is 4.36. The third kappa shape index (κ3) is 4.48. The van der Waals surface area contributed by atoms with Crippen molar-refractivity contribution in [1.29, 1.82) is 0 Å². The van der Waals surface area contributed by atoms with E-state index in [2.05, 4.69) is 9.72 Å². The molecule has 4 nitrogen and oxygen atoms in total. The first kappa shape index (κ1) is 15.3. The number of carbonyl (C=O) groups is 1. The van der Waals surface area contributed by atoms with E-state index in [1.165, 1.54) is 7.11 Å². The van der Waals surface area contributed by atoms with E-state index in [-0.39, 0.29) is 5.25 Å². The summed E-state index contributed by atoms with van der Waals surface area (Å²) in [6.07, 6.45) is 2.10. The Kier molecular flexibility index (Phi) is 5.44. The molecule has 0 radical (unpaired) electrons. The lowest BCUT2D eigenvalue weighted by Crippen LogP contribution is -2.47. The van der Waals surface area contributed by atoms with Crippen molar-refractivity contribution in [2.24, 2.45) is 5.73 Å². The van der Waals surface area contributed by atoms with Gasteiger partial charge in [-0.05, 0) is 25.5 Å². The van der Waals surface area contributed by atoms with Crippen LogP contribution in [-0.2, 0) is 9.53 Å². The topological polar surface area (TPSA) is 65.2 Å². The van der Waals surface area contributed by atoms with Gasteiger partial charge in [0.1, 0.15) is 5.54 Å². The molecule has 0 spiro atoms. The summed E-state index contributed by atoms with van der Waals surface area (Å²) in [5, 5.41) is 1.60. The third-order valence-electron chi connectivity index (χ3n) is 2.39. The van der Waals surface area contributed by atoms with Crippen molar-refractivity contribution < 1.29 is 9.53 Å². The fourth-order valence-electron chi connectivity index (χ4n) is 1.59. The maximum absolute atomic E-state index is 11.5. The third-order valence-corrected chi connectivity index (χ3v) is 3.66. The van der Waals surface area contributed by atoms with Crippen LogP contribution in [0.15, 0.2) is 23.4 Å². The van der Waals surface area contributed by atoms with Crippen LogP contribution < -0.4 is 5.73 Å². The Morgan fingerprint density at radius 2 is 2.33 bits per heavy atom. The number of methoxy groups -OCH3 is 1. The molecule has 0 saturated heterocycles. The normalized spacial score (nSPS) is 15.8. The molecule has 1 rings (SSSR count). The molecule has 100 valence electrons. The number of aromatic nitrogens is 1. The van der Waals surface area contributed by atoms with E-state index >= 15 is 0 Å². The van der Waals surface area contributed by atoms with Crippen LogP contribution in [-0.4, -0.2) is 28.9 Å². The van der Waals surface area contributed by atoms with Crippen LogP contribution in [0.1, 0.15) is 20.3 Å². The Balaban J connectivity index is 2.58. The predicted octanol–water partition coefficient (Wildman–Crippen LogP) is 2.50. The second kappa shape index (κ2) is 6.41. The van der Waals surface area contributed by atoms with Gasteiger partial charge in [-0.1, -0.05) is 18.5 Å². The summed E-state index contributed by atoms with van der Waals surface area (Å²) >= 11 is 7.31. The molecule has 0 saturated carbocycles. The Bertz CT molecular complexity index is 409. The van der Waals surface area contributed by atoms with Gasteiger partial charge >= 0.3 is 5.97 Å². The highest BCUT2D eigenvalue weighted by Gasteiger charge is 2.31. The molecule has 2 atom stereocenters. The SMILES string of the molecule is COC(=O)C(C)(N)CC(C)Sc1ccc(Cl)cn1. The first-order valence-corrected chi connectivity index (χ1v) is 6.76. The summed E-state index contributed by atoms with van der Waals surface area (Å²) in [5.41, 5.74) is 4.94. The lowest BCUT2D eigenvalue weighted by atomic mass is 9.98. The molecule has 0 aromatic carbocycles. The summed E-state index contributed by atoms with van der Waals surface area (Å²) < 4.78 is 4.68. The molecule has 2 N–H and O–H groups in total. The summed E-state index contributed by atoms with van der Waals surface area (Å²) in [6, 6.07) is 3.63. The number of esters is 1. The summed E-state index contributed by atoms with van der Waals surface area (Å²) in [7, 11) is 1.34. The molecule has 1 aromatic heterocycles. The fraction of sp³-hybridized carbons (Fsp3) is 0.500. The van der Waals surface area contributed by atoms with E-state index in [0.717, 1.165) is 5.03 Å². The van der Waals surface area contributed by atoms with E-state index in [4.69, 9.17) is 17.3 Å². The number of rotatable bonds is 5. The van der Waals surface area contributed by atoms with Crippen molar-refractivity contribution >= 4 is 29.3 Å². The average Bonchev–Trinajstić information content (AvgIpc) is 2.30. The Hall–Kier alpha value is -0.780. The summed E-state index contributed by atoms with van der Waals surface area (Å²) in [4.78, 5) is 15.7. The van der Waals surface area contributed by atoms with Gasteiger partial charge in [-0.25, -0.2) is 4.98 Å². The molecule has 0 fully saturated rings. The van der Waals surface area contributed by atoms with Gasteiger partial charge in [-0.15, -0.1) is 11.8 Å². The molecule has 0 aliphatic carbocycles. The van der Waals surface area contributed by atoms with Crippen molar-refractivity contribution in [3.8, 4) is 0 Å². The van der Waals surface area contributed by atoms with Gasteiger partial charge in [0.25, 0.3) is 0 Å². The van der Waals surface area contributed by atoms with Crippen LogP contribution in [0.4, 0.5) is 0 Å². The van der Waals surface area contributed by atoms with Gasteiger partial charge in [-0.2, -0.15) is 0 Å². The van der Waals surface area contributed by atoms with Gasteiger partial charge in [0.2, 0.25) is 0 Å². The predicted molar refractivity (Wildman–Crippen MR) is 73.8 cm³/mol. The Morgan fingerprint density at radius 1 is 1.67 bits per heavy atom. The van der Waals surface area contributed by atoms with Crippen LogP contribution in [0, 0.1) is 0 Å². The number of nitrogens with zero attached hydrogens (tertiary/aromatic N) is 1. The van der Waals surface area contributed by atoms with Crippen LogP contribution >= 0.6 is 23.4 Å². The summed E-state index contributed by atoms with van der Waals surface area (Å²) in [6.45, 7) is 3.67. The Labute approximate surface area is 116 Å². The Morgan fingerprint density at radius 3 is 2.83 bits per heavy atom. The van der Waals surface area contributed by atoms with Crippen LogP contribution in [0.2, 0.25) is 5.02 Å². The van der Waals surface area contributed by atoms with E-state index in [0.29, 0.717) is 11.4 Å². The number of hydrogen-bond donors (Lipinski definition) is 1. The minimum atomic E-state index is -0.979. The molecule has 1 aromatic rings. The van der Waals surface area contributed by atoms with Gasteiger partial charge in [-0.3, -0.25) is 4.79 Å². The van der Waals surface area contributed by atoms with E-state index < -0.39 is 11.5 Å². The zero-order chi connectivity index (χ0) is 13.8. The number of carbonyl (C=O) groups excluding carboxylic acids is 1. The minimum Gasteiger partial charge on any atom is -0.468 e. The number of halogens is 1. The molecule has 0 aliphatic rings. The molecule has 0 bridgehead atoms. The minimum absolute atomic E-state index is 0.146. The monoisotopic (exact) mass is 288 g/mol. The number of nitrogens with two attached hydrogens (primary N) is 1. The van der Waals surface area contributed by atoms with Crippen LogP contribution in [0.3, 0.4) is 0 Å². The number of thioether (sulfide) groups is 1. The molecule has 2 unspecified atom stereocenters. The van der Waals surface area contributed by atoms with Crippen molar-refractivity contribution in [2.45, 2.75) is 36.1 Å². The van der Waals surface area contributed by atoms with E-state index in [1.54, 1.807) is 30.9 Å².